The number of aliphatic hydroxyl groups excluding tert-OH is 1. The van der Waals surface area contributed by atoms with Gasteiger partial charge in [0, 0.05) is 30.9 Å². The molecule has 222 valence electrons. The van der Waals surface area contributed by atoms with E-state index in [0.717, 1.165) is 0 Å². The molecular formula is C31H37N5O6. The zero-order valence-corrected chi connectivity index (χ0v) is 24.2. The second-order valence-electron chi connectivity index (χ2n) is 10.3. The Morgan fingerprint density at radius 3 is 2.38 bits per heavy atom. The van der Waals surface area contributed by atoms with E-state index in [-0.39, 0.29) is 42.3 Å². The minimum Gasteiger partial charge on any atom is -0.497 e. The molecule has 42 heavy (non-hydrogen) atoms. The summed E-state index contributed by atoms with van der Waals surface area (Å²) in [4.78, 5) is 42.7. The second kappa shape index (κ2) is 13.7. The van der Waals surface area contributed by atoms with Crippen LogP contribution in [0.15, 0.2) is 72.8 Å². The zero-order valence-electron chi connectivity index (χ0n) is 24.2. The van der Waals surface area contributed by atoms with Gasteiger partial charge in [-0.15, -0.1) is 0 Å². The number of para-hydroxylation sites is 2. The number of amides is 5. The van der Waals surface area contributed by atoms with Gasteiger partial charge in [-0.2, -0.15) is 0 Å². The molecule has 0 spiro atoms. The highest BCUT2D eigenvalue weighted by atomic mass is 16.5. The number of carbonyl (C=O) groups excluding carboxylic acids is 3. The molecule has 4 N–H and O–H groups in total. The quantitative estimate of drug-likeness (QED) is 0.307. The highest BCUT2D eigenvalue weighted by Gasteiger charge is 2.35. The van der Waals surface area contributed by atoms with Crippen LogP contribution in [-0.2, 0) is 0 Å². The number of fused-ring (bicyclic) bond motifs is 1. The Balaban J connectivity index is 1.60. The first kappa shape index (κ1) is 30.2. The third-order valence-corrected chi connectivity index (χ3v) is 7.11. The summed E-state index contributed by atoms with van der Waals surface area (Å²) in [5, 5.41) is 18.3. The van der Waals surface area contributed by atoms with E-state index in [2.05, 4.69) is 16.0 Å². The number of urea groups is 2. The van der Waals surface area contributed by atoms with E-state index in [9.17, 15) is 19.5 Å². The van der Waals surface area contributed by atoms with Gasteiger partial charge < -0.3 is 40.3 Å². The summed E-state index contributed by atoms with van der Waals surface area (Å²) < 4.78 is 11.6. The van der Waals surface area contributed by atoms with Crippen LogP contribution in [0.1, 0.15) is 24.2 Å². The fourth-order valence-electron chi connectivity index (χ4n) is 4.61. The summed E-state index contributed by atoms with van der Waals surface area (Å²) in [5.41, 5.74) is 1.75. The molecule has 3 aromatic rings. The van der Waals surface area contributed by atoms with Gasteiger partial charge in [-0.3, -0.25) is 4.79 Å². The van der Waals surface area contributed by atoms with Crippen LogP contribution in [0.5, 0.6) is 11.5 Å². The summed E-state index contributed by atoms with van der Waals surface area (Å²) in [5.74, 6) is 0.310. The number of rotatable bonds is 8. The number of anilines is 3. The molecule has 1 aliphatic heterocycles. The number of nitrogens with one attached hydrogen (secondary N) is 3. The Labute approximate surface area is 245 Å². The Morgan fingerprint density at radius 2 is 1.71 bits per heavy atom. The van der Waals surface area contributed by atoms with Gasteiger partial charge in [-0.05, 0) is 55.5 Å². The fraction of sp³-hybridized carbons (Fsp3) is 0.323. The third-order valence-electron chi connectivity index (χ3n) is 7.11. The first-order chi connectivity index (χ1) is 20.2. The van der Waals surface area contributed by atoms with Gasteiger partial charge in [0.05, 0.1) is 37.6 Å². The second-order valence-corrected chi connectivity index (χ2v) is 10.3. The smallest absolute Gasteiger partial charge is 0.323 e. The van der Waals surface area contributed by atoms with Crippen molar-refractivity contribution < 1.29 is 29.0 Å². The Hall–Kier alpha value is -4.77. The first-order valence-corrected chi connectivity index (χ1v) is 13.7. The molecule has 3 aromatic carbocycles. The largest absolute Gasteiger partial charge is 0.497 e. The predicted octanol–water partition coefficient (Wildman–Crippen LogP) is 4.72. The highest BCUT2D eigenvalue weighted by molar-refractivity contribution is 6.04. The molecule has 4 rings (SSSR count). The van der Waals surface area contributed by atoms with Crippen molar-refractivity contribution in [1.82, 2.24) is 9.80 Å². The molecule has 0 aliphatic carbocycles. The number of ether oxygens (including phenoxy) is 2. The number of hydrogen-bond donors (Lipinski definition) is 4. The lowest BCUT2D eigenvalue weighted by Gasteiger charge is -2.38. The zero-order chi connectivity index (χ0) is 30.2. The van der Waals surface area contributed by atoms with Crippen LogP contribution in [0, 0.1) is 5.92 Å². The van der Waals surface area contributed by atoms with E-state index in [1.807, 2.05) is 13.0 Å². The van der Waals surface area contributed by atoms with Crippen molar-refractivity contribution in [1.29, 1.82) is 0 Å². The topological polar surface area (TPSA) is 132 Å². The number of methoxy groups -OCH3 is 1. The molecule has 0 fully saturated rings. The molecule has 0 saturated heterocycles. The minimum absolute atomic E-state index is 0.183. The van der Waals surface area contributed by atoms with E-state index in [1.165, 1.54) is 4.90 Å². The average molecular weight is 576 g/mol. The van der Waals surface area contributed by atoms with Crippen molar-refractivity contribution in [2.45, 2.75) is 26.0 Å². The Kier molecular flexibility index (Phi) is 9.87. The monoisotopic (exact) mass is 575 g/mol. The molecular weight excluding hydrogens is 538 g/mol. The Morgan fingerprint density at radius 1 is 1.02 bits per heavy atom. The Bertz CT molecular complexity index is 1380. The lowest BCUT2D eigenvalue weighted by Crippen LogP contribution is -2.50. The lowest BCUT2D eigenvalue weighted by molar-refractivity contribution is 0.0373. The van der Waals surface area contributed by atoms with Crippen molar-refractivity contribution >= 4 is 35.0 Å². The van der Waals surface area contributed by atoms with Crippen LogP contribution >= 0.6 is 0 Å². The van der Waals surface area contributed by atoms with Crippen LogP contribution < -0.4 is 25.4 Å². The predicted molar refractivity (Wildman–Crippen MR) is 161 cm³/mol. The van der Waals surface area contributed by atoms with Crippen LogP contribution in [0.2, 0.25) is 0 Å². The average Bonchev–Trinajstić information content (AvgIpc) is 2.99. The molecule has 3 atom stereocenters. The maximum atomic E-state index is 13.7. The summed E-state index contributed by atoms with van der Waals surface area (Å²) in [7, 11) is 3.23. The van der Waals surface area contributed by atoms with Gasteiger partial charge >= 0.3 is 12.1 Å². The molecule has 0 bridgehead atoms. The minimum atomic E-state index is -0.558. The van der Waals surface area contributed by atoms with Crippen LogP contribution in [-0.4, -0.2) is 78.9 Å². The lowest BCUT2D eigenvalue weighted by atomic mass is 9.99. The molecule has 1 aliphatic rings. The van der Waals surface area contributed by atoms with Gasteiger partial charge in [-0.25, -0.2) is 9.59 Å². The normalized spacial score (nSPS) is 17.1. The summed E-state index contributed by atoms with van der Waals surface area (Å²) in [6.45, 7) is 3.95. The molecule has 11 nitrogen and oxygen atoms in total. The van der Waals surface area contributed by atoms with E-state index in [0.29, 0.717) is 29.4 Å². The maximum Gasteiger partial charge on any atom is 0.323 e. The molecule has 11 heteroatoms. The molecule has 0 aromatic heterocycles. The number of aliphatic hydroxyl groups is 1. The van der Waals surface area contributed by atoms with Crippen molar-refractivity contribution in [2.75, 3.05) is 49.8 Å². The van der Waals surface area contributed by atoms with Gasteiger partial charge in [0.2, 0.25) is 0 Å². The number of likely N-dealkylation sites (N-methyl/N-ethyl adjacent to an activating group) is 1. The van der Waals surface area contributed by atoms with Crippen molar-refractivity contribution in [2.24, 2.45) is 5.92 Å². The van der Waals surface area contributed by atoms with Crippen molar-refractivity contribution in [3.63, 3.8) is 0 Å². The van der Waals surface area contributed by atoms with Gasteiger partial charge in [0.15, 0.2) is 5.75 Å². The number of hydrogen-bond acceptors (Lipinski definition) is 6. The van der Waals surface area contributed by atoms with Crippen LogP contribution in [0.3, 0.4) is 0 Å². The first-order valence-electron chi connectivity index (χ1n) is 13.7. The van der Waals surface area contributed by atoms with E-state index >= 15 is 0 Å². The number of benzene rings is 3. The number of carbonyl (C=O) groups is 3. The summed E-state index contributed by atoms with van der Waals surface area (Å²) in [6.07, 6.45) is -0.558. The summed E-state index contributed by atoms with van der Waals surface area (Å²) >= 11 is 0. The third kappa shape index (κ3) is 7.29. The molecule has 5 amide bonds. The van der Waals surface area contributed by atoms with Gasteiger partial charge in [-0.1, -0.05) is 31.2 Å². The fourth-order valence-corrected chi connectivity index (χ4v) is 4.61. The van der Waals surface area contributed by atoms with Crippen molar-refractivity contribution in [3.8, 4) is 11.5 Å². The maximum absolute atomic E-state index is 13.7. The molecule has 1 heterocycles. The van der Waals surface area contributed by atoms with Crippen LogP contribution in [0.25, 0.3) is 0 Å². The molecule has 0 unspecified atom stereocenters. The molecule has 0 saturated carbocycles. The van der Waals surface area contributed by atoms with Gasteiger partial charge in [0.25, 0.3) is 5.91 Å². The summed E-state index contributed by atoms with van der Waals surface area (Å²) in [6, 6.07) is 19.6. The van der Waals surface area contributed by atoms with E-state index in [4.69, 9.17) is 9.47 Å². The van der Waals surface area contributed by atoms with Crippen molar-refractivity contribution in [3.05, 3.63) is 78.4 Å². The van der Waals surface area contributed by atoms with E-state index in [1.54, 1.807) is 92.7 Å². The standard InChI is InChI=1S/C31H37N5O6/c1-20-17-36(21(2)19-37)29(38)25-11-8-12-26(34-30(39)32-22-9-6-5-7-10-22)28(25)42-27(20)18-35(3)31(40)33-23-13-15-24(41-4)16-14-23/h5-16,20-21,27,37H,17-19H2,1-4H3,(H,33,40)(H2,32,34,39)/t20-,21-,27+/m1/s1. The van der Waals surface area contributed by atoms with Gasteiger partial charge in [0.1, 0.15) is 11.9 Å². The molecule has 0 radical (unpaired) electrons. The van der Waals surface area contributed by atoms with Crippen LogP contribution in [0.4, 0.5) is 26.7 Å². The van der Waals surface area contributed by atoms with E-state index < -0.39 is 18.2 Å². The highest BCUT2D eigenvalue weighted by Crippen LogP contribution is 2.35. The SMILES string of the molecule is COc1ccc(NC(=O)N(C)C[C@@H]2Oc3c(NC(=O)Nc4ccccc4)cccc3C(=O)N([C@H](C)CO)C[C@H]2C)cc1. The number of nitrogens with zero attached hydrogens (tertiary/aromatic N) is 2.